The molecule has 1 unspecified atom stereocenters. The lowest BCUT2D eigenvalue weighted by Gasteiger charge is -2.30. The van der Waals surface area contributed by atoms with E-state index < -0.39 is 0 Å². The summed E-state index contributed by atoms with van der Waals surface area (Å²) in [5.74, 6) is 0. The van der Waals surface area contributed by atoms with Gasteiger partial charge in [0.25, 0.3) is 0 Å². The van der Waals surface area contributed by atoms with Gasteiger partial charge in [-0.3, -0.25) is 0 Å². The van der Waals surface area contributed by atoms with Gasteiger partial charge in [-0.15, -0.1) is 0 Å². The molecule has 1 N–H and O–H groups in total. The number of hydrogen-bond acceptors (Lipinski definition) is 4. The highest BCUT2D eigenvalue weighted by molar-refractivity contribution is 5.26. The van der Waals surface area contributed by atoms with Crippen LogP contribution < -0.4 is 5.32 Å². The number of likely N-dealkylation sites (N-methyl/N-ethyl adjacent to an activating group) is 1. The molecule has 1 saturated heterocycles. The summed E-state index contributed by atoms with van der Waals surface area (Å²) < 4.78 is 11.3. The highest BCUT2D eigenvalue weighted by Gasteiger charge is 2.16. The number of nitrogens with zero attached hydrogens (tertiary/aromatic N) is 1. The van der Waals surface area contributed by atoms with E-state index in [4.69, 9.17) is 9.47 Å². The lowest BCUT2D eigenvalue weighted by atomic mass is 10.1. The van der Waals surface area contributed by atoms with E-state index in [1.54, 1.807) is 0 Å². The number of benzene rings is 1. The molecule has 0 spiro atoms. The lowest BCUT2D eigenvalue weighted by molar-refractivity contribution is -0.0182. The maximum atomic E-state index is 5.75. The van der Waals surface area contributed by atoms with Gasteiger partial charge in [-0.25, -0.2) is 0 Å². The zero-order valence-electron chi connectivity index (χ0n) is 12.6. The molecule has 1 heterocycles. The summed E-state index contributed by atoms with van der Waals surface area (Å²) in [6, 6.07) is 8.45. The van der Waals surface area contributed by atoms with E-state index in [0.717, 1.165) is 39.4 Å². The first-order chi connectivity index (χ1) is 9.79. The first-order valence-electron chi connectivity index (χ1n) is 7.45. The van der Waals surface area contributed by atoms with E-state index in [0.29, 0.717) is 12.7 Å². The minimum atomic E-state index is 0.299. The largest absolute Gasteiger partial charge is 0.377 e. The van der Waals surface area contributed by atoms with Gasteiger partial charge in [0.2, 0.25) is 0 Å². The smallest absolute Gasteiger partial charge is 0.0826 e. The topological polar surface area (TPSA) is 33.7 Å². The van der Waals surface area contributed by atoms with Crippen LogP contribution in [0, 0.1) is 0 Å². The molecule has 0 bridgehead atoms. The second-order valence-corrected chi connectivity index (χ2v) is 5.29. The van der Waals surface area contributed by atoms with Crippen LogP contribution in [-0.4, -0.2) is 50.9 Å². The zero-order chi connectivity index (χ0) is 14.2. The van der Waals surface area contributed by atoms with Crippen LogP contribution in [0.2, 0.25) is 0 Å². The SMILES string of the molecule is CCOCc1ccccc1CNCC1CN(C)CCO1. The Morgan fingerprint density at radius 2 is 2.15 bits per heavy atom. The minimum Gasteiger partial charge on any atom is -0.377 e. The van der Waals surface area contributed by atoms with Gasteiger partial charge in [0, 0.05) is 32.8 Å². The monoisotopic (exact) mass is 278 g/mol. The van der Waals surface area contributed by atoms with E-state index in [2.05, 4.69) is 41.5 Å². The number of ether oxygens (including phenoxy) is 2. The molecule has 4 nitrogen and oxygen atoms in total. The second-order valence-electron chi connectivity index (χ2n) is 5.29. The molecule has 1 aliphatic heterocycles. The molecule has 0 saturated carbocycles. The van der Waals surface area contributed by atoms with Crippen molar-refractivity contribution in [1.29, 1.82) is 0 Å². The van der Waals surface area contributed by atoms with Gasteiger partial charge in [0.05, 0.1) is 19.3 Å². The second kappa shape index (κ2) is 8.37. The van der Waals surface area contributed by atoms with Crippen molar-refractivity contribution >= 4 is 0 Å². The first kappa shape index (κ1) is 15.4. The van der Waals surface area contributed by atoms with Crippen molar-refractivity contribution in [2.75, 3.05) is 39.9 Å². The van der Waals surface area contributed by atoms with Gasteiger partial charge >= 0.3 is 0 Å². The quantitative estimate of drug-likeness (QED) is 0.822. The van der Waals surface area contributed by atoms with Gasteiger partial charge in [-0.05, 0) is 25.1 Å². The molecule has 20 heavy (non-hydrogen) atoms. The molecule has 0 aromatic heterocycles. The Bertz CT molecular complexity index is 398. The highest BCUT2D eigenvalue weighted by atomic mass is 16.5. The minimum absolute atomic E-state index is 0.299. The molecule has 0 amide bonds. The predicted octanol–water partition coefficient (Wildman–Crippen LogP) is 1.64. The Kier molecular flexibility index (Phi) is 6.47. The Hall–Kier alpha value is -0.940. The van der Waals surface area contributed by atoms with Gasteiger partial charge in [-0.2, -0.15) is 0 Å². The summed E-state index contributed by atoms with van der Waals surface area (Å²) in [6.07, 6.45) is 0.299. The molecule has 1 atom stereocenters. The van der Waals surface area contributed by atoms with Crippen molar-refractivity contribution < 1.29 is 9.47 Å². The van der Waals surface area contributed by atoms with Crippen LogP contribution in [0.15, 0.2) is 24.3 Å². The van der Waals surface area contributed by atoms with E-state index in [1.807, 2.05) is 6.92 Å². The number of rotatable bonds is 7. The Balaban J connectivity index is 1.78. The third kappa shape index (κ3) is 4.87. The van der Waals surface area contributed by atoms with Crippen LogP contribution in [0.5, 0.6) is 0 Å². The maximum Gasteiger partial charge on any atom is 0.0826 e. The molecule has 1 aliphatic rings. The molecular weight excluding hydrogens is 252 g/mol. The lowest BCUT2D eigenvalue weighted by Crippen LogP contribution is -2.44. The van der Waals surface area contributed by atoms with Crippen LogP contribution in [0.4, 0.5) is 0 Å². The van der Waals surface area contributed by atoms with Crippen LogP contribution in [0.25, 0.3) is 0 Å². The average Bonchev–Trinajstić information content (AvgIpc) is 2.46. The molecule has 2 rings (SSSR count). The van der Waals surface area contributed by atoms with Crippen LogP contribution in [0.3, 0.4) is 0 Å². The van der Waals surface area contributed by atoms with E-state index >= 15 is 0 Å². The van der Waals surface area contributed by atoms with Crippen molar-refractivity contribution in [3.8, 4) is 0 Å². The van der Waals surface area contributed by atoms with Gasteiger partial charge in [0.1, 0.15) is 0 Å². The van der Waals surface area contributed by atoms with Crippen LogP contribution in [0.1, 0.15) is 18.1 Å². The van der Waals surface area contributed by atoms with Crippen molar-refractivity contribution in [3.63, 3.8) is 0 Å². The molecular formula is C16H26N2O2. The van der Waals surface area contributed by atoms with Crippen molar-refractivity contribution in [2.45, 2.75) is 26.2 Å². The zero-order valence-corrected chi connectivity index (χ0v) is 12.6. The van der Waals surface area contributed by atoms with Gasteiger partial charge in [-0.1, -0.05) is 24.3 Å². The van der Waals surface area contributed by atoms with Crippen molar-refractivity contribution in [1.82, 2.24) is 10.2 Å². The fourth-order valence-electron chi connectivity index (χ4n) is 2.44. The molecule has 1 aromatic rings. The summed E-state index contributed by atoms with van der Waals surface area (Å²) in [5, 5.41) is 3.50. The summed E-state index contributed by atoms with van der Waals surface area (Å²) >= 11 is 0. The Morgan fingerprint density at radius 1 is 1.35 bits per heavy atom. The number of hydrogen-bond donors (Lipinski definition) is 1. The third-order valence-electron chi connectivity index (χ3n) is 3.61. The Labute approximate surface area is 122 Å². The maximum absolute atomic E-state index is 5.75. The van der Waals surface area contributed by atoms with Gasteiger partial charge < -0.3 is 19.7 Å². The standard InChI is InChI=1S/C16H26N2O2/c1-3-19-13-15-7-5-4-6-14(15)10-17-11-16-12-18(2)8-9-20-16/h4-7,16-17H,3,8-13H2,1-2H3. The fourth-order valence-corrected chi connectivity index (χ4v) is 2.44. The molecule has 0 aliphatic carbocycles. The molecule has 1 fully saturated rings. The van der Waals surface area contributed by atoms with E-state index in [1.165, 1.54) is 11.1 Å². The van der Waals surface area contributed by atoms with Crippen molar-refractivity contribution in [3.05, 3.63) is 35.4 Å². The van der Waals surface area contributed by atoms with E-state index in [9.17, 15) is 0 Å². The fraction of sp³-hybridized carbons (Fsp3) is 0.625. The third-order valence-corrected chi connectivity index (χ3v) is 3.61. The number of morpholine rings is 1. The highest BCUT2D eigenvalue weighted by Crippen LogP contribution is 2.10. The average molecular weight is 278 g/mol. The molecule has 1 aromatic carbocycles. The molecule has 4 heteroatoms. The molecule has 0 radical (unpaired) electrons. The normalized spacial score (nSPS) is 20.2. The summed E-state index contributed by atoms with van der Waals surface area (Å²) in [6.45, 7) is 8.12. The predicted molar refractivity (Wildman–Crippen MR) is 80.7 cm³/mol. The van der Waals surface area contributed by atoms with Crippen LogP contribution >= 0.6 is 0 Å². The van der Waals surface area contributed by atoms with Crippen molar-refractivity contribution in [2.24, 2.45) is 0 Å². The van der Waals surface area contributed by atoms with E-state index in [-0.39, 0.29) is 0 Å². The molecule has 112 valence electrons. The first-order valence-corrected chi connectivity index (χ1v) is 7.45. The summed E-state index contributed by atoms with van der Waals surface area (Å²) in [7, 11) is 2.15. The summed E-state index contributed by atoms with van der Waals surface area (Å²) in [5.41, 5.74) is 2.58. The number of nitrogens with one attached hydrogen (secondary N) is 1. The van der Waals surface area contributed by atoms with Gasteiger partial charge in [0.15, 0.2) is 0 Å². The van der Waals surface area contributed by atoms with Crippen LogP contribution in [-0.2, 0) is 22.6 Å². The Morgan fingerprint density at radius 3 is 2.90 bits per heavy atom. The summed E-state index contributed by atoms with van der Waals surface area (Å²) in [4.78, 5) is 2.32.